The van der Waals surface area contributed by atoms with E-state index < -0.39 is 10.0 Å². The zero-order valence-electron chi connectivity index (χ0n) is 12.0. The number of carbonyl (C=O) groups excluding carboxylic acids is 1. The maximum atomic E-state index is 11.8. The number of rotatable bonds is 5. The first-order valence-electron chi connectivity index (χ1n) is 6.63. The zero-order valence-corrected chi connectivity index (χ0v) is 12.9. The Balaban J connectivity index is 1.97. The molecule has 2 amide bonds. The number of sulfonamides is 1. The molecule has 0 aliphatic rings. The van der Waals surface area contributed by atoms with Crippen LogP contribution in [0.2, 0.25) is 0 Å². The molecule has 2 rings (SSSR count). The first-order chi connectivity index (χ1) is 10.5. The van der Waals surface area contributed by atoms with Gasteiger partial charge in [0.05, 0.1) is 4.90 Å². The largest absolute Gasteiger partial charge is 0.334 e. The molecule has 0 saturated carbocycles. The second kappa shape index (κ2) is 7.06. The van der Waals surface area contributed by atoms with Crippen LogP contribution in [0, 0.1) is 0 Å². The van der Waals surface area contributed by atoms with Crippen molar-refractivity contribution in [2.75, 3.05) is 12.4 Å². The van der Waals surface area contributed by atoms with E-state index in [1.165, 1.54) is 19.2 Å². The molecule has 2 aromatic carbocycles. The van der Waals surface area contributed by atoms with Gasteiger partial charge in [0.25, 0.3) is 0 Å². The predicted octanol–water partition coefficient (Wildman–Crippen LogP) is 1.92. The van der Waals surface area contributed by atoms with Gasteiger partial charge in [0.15, 0.2) is 0 Å². The van der Waals surface area contributed by atoms with Crippen LogP contribution in [0.1, 0.15) is 5.56 Å². The smallest absolute Gasteiger partial charge is 0.319 e. The van der Waals surface area contributed by atoms with Crippen molar-refractivity contribution in [1.82, 2.24) is 10.0 Å². The summed E-state index contributed by atoms with van der Waals surface area (Å²) < 4.78 is 25.7. The first-order valence-corrected chi connectivity index (χ1v) is 8.12. The molecule has 2 aromatic rings. The van der Waals surface area contributed by atoms with Crippen LogP contribution in [-0.4, -0.2) is 21.5 Å². The fourth-order valence-corrected chi connectivity index (χ4v) is 2.62. The van der Waals surface area contributed by atoms with Gasteiger partial charge in [-0.15, -0.1) is 0 Å². The van der Waals surface area contributed by atoms with Gasteiger partial charge in [0, 0.05) is 12.2 Å². The third-order valence-corrected chi connectivity index (χ3v) is 4.37. The lowest BCUT2D eigenvalue weighted by atomic mass is 10.2. The van der Waals surface area contributed by atoms with Crippen molar-refractivity contribution in [3.05, 3.63) is 60.2 Å². The summed E-state index contributed by atoms with van der Waals surface area (Å²) in [5.74, 6) is 0. The third-order valence-electron chi connectivity index (χ3n) is 2.96. The monoisotopic (exact) mass is 319 g/mol. The van der Waals surface area contributed by atoms with Gasteiger partial charge >= 0.3 is 6.03 Å². The highest BCUT2D eigenvalue weighted by Crippen LogP contribution is 2.11. The molecule has 0 spiro atoms. The molecule has 22 heavy (non-hydrogen) atoms. The molecule has 0 aliphatic carbocycles. The fraction of sp³-hybridized carbons (Fsp3) is 0.133. The Hall–Kier alpha value is -2.38. The molecule has 0 bridgehead atoms. The molecule has 0 heterocycles. The second-order valence-electron chi connectivity index (χ2n) is 4.53. The van der Waals surface area contributed by atoms with Crippen LogP contribution in [0.5, 0.6) is 0 Å². The fourth-order valence-electron chi connectivity index (χ4n) is 1.82. The molecule has 6 nitrogen and oxygen atoms in total. The summed E-state index contributed by atoms with van der Waals surface area (Å²) in [4.78, 5) is 11.9. The lowest BCUT2D eigenvalue weighted by Gasteiger charge is -2.09. The predicted molar refractivity (Wildman–Crippen MR) is 85.0 cm³/mol. The minimum atomic E-state index is -3.49. The van der Waals surface area contributed by atoms with Crippen LogP contribution in [-0.2, 0) is 16.6 Å². The van der Waals surface area contributed by atoms with Crippen molar-refractivity contribution in [3.63, 3.8) is 0 Å². The number of hydrogen-bond donors (Lipinski definition) is 3. The topological polar surface area (TPSA) is 87.3 Å². The average Bonchev–Trinajstić information content (AvgIpc) is 2.54. The maximum Gasteiger partial charge on any atom is 0.319 e. The van der Waals surface area contributed by atoms with Gasteiger partial charge in [-0.05, 0) is 36.9 Å². The van der Waals surface area contributed by atoms with Gasteiger partial charge < -0.3 is 10.6 Å². The van der Waals surface area contributed by atoms with Crippen molar-refractivity contribution in [2.45, 2.75) is 11.4 Å². The SMILES string of the molecule is CNS(=O)(=O)c1cccc(CNC(=O)Nc2ccccc2)c1. The molecule has 0 fully saturated rings. The van der Waals surface area contributed by atoms with E-state index in [9.17, 15) is 13.2 Å². The molecule has 3 N–H and O–H groups in total. The van der Waals surface area contributed by atoms with E-state index in [1.54, 1.807) is 24.3 Å². The summed E-state index contributed by atoms with van der Waals surface area (Å²) in [6.45, 7) is 0.228. The van der Waals surface area contributed by atoms with Crippen LogP contribution in [0.3, 0.4) is 0 Å². The highest BCUT2D eigenvalue weighted by molar-refractivity contribution is 7.89. The van der Waals surface area contributed by atoms with E-state index in [2.05, 4.69) is 15.4 Å². The first kappa shape index (κ1) is 16.0. The van der Waals surface area contributed by atoms with Crippen molar-refractivity contribution in [2.24, 2.45) is 0 Å². The standard InChI is InChI=1S/C15H17N3O3S/c1-16-22(20,21)14-9-5-6-12(10-14)11-17-15(19)18-13-7-3-2-4-8-13/h2-10,16H,11H2,1H3,(H2,17,18,19). The molecule has 0 atom stereocenters. The highest BCUT2D eigenvalue weighted by atomic mass is 32.2. The minimum Gasteiger partial charge on any atom is -0.334 e. The highest BCUT2D eigenvalue weighted by Gasteiger charge is 2.11. The van der Waals surface area contributed by atoms with Crippen LogP contribution >= 0.6 is 0 Å². The molecular formula is C15H17N3O3S. The third kappa shape index (κ3) is 4.31. The van der Waals surface area contributed by atoms with Crippen molar-refractivity contribution in [3.8, 4) is 0 Å². The maximum absolute atomic E-state index is 11.8. The molecule has 0 radical (unpaired) electrons. The van der Waals surface area contributed by atoms with Crippen molar-refractivity contribution < 1.29 is 13.2 Å². The zero-order chi connectivity index (χ0) is 16.0. The molecule has 7 heteroatoms. The minimum absolute atomic E-state index is 0.165. The lowest BCUT2D eigenvalue weighted by Crippen LogP contribution is -2.28. The summed E-state index contributed by atoms with van der Waals surface area (Å²) >= 11 is 0. The lowest BCUT2D eigenvalue weighted by molar-refractivity contribution is 0.251. The number of para-hydroxylation sites is 1. The van der Waals surface area contributed by atoms with Gasteiger partial charge in [0.1, 0.15) is 0 Å². The van der Waals surface area contributed by atoms with Crippen LogP contribution < -0.4 is 15.4 Å². The van der Waals surface area contributed by atoms with E-state index in [4.69, 9.17) is 0 Å². The van der Waals surface area contributed by atoms with Gasteiger partial charge in [-0.1, -0.05) is 30.3 Å². The number of amides is 2. The molecule has 116 valence electrons. The van der Waals surface area contributed by atoms with E-state index in [-0.39, 0.29) is 17.5 Å². The van der Waals surface area contributed by atoms with Gasteiger partial charge in [-0.25, -0.2) is 17.9 Å². The van der Waals surface area contributed by atoms with E-state index in [0.29, 0.717) is 11.3 Å². The Labute approximate surface area is 129 Å². The Bertz CT molecular complexity index is 746. The van der Waals surface area contributed by atoms with Crippen LogP contribution in [0.25, 0.3) is 0 Å². The number of carbonyl (C=O) groups is 1. The van der Waals surface area contributed by atoms with Gasteiger partial charge in [0.2, 0.25) is 10.0 Å². The molecular weight excluding hydrogens is 302 g/mol. The normalized spacial score (nSPS) is 11.0. The second-order valence-corrected chi connectivity index (χ2v) is 6.42. The summed E-state index contributed by atoms with van der Waals surface area (Å²) in [6.07, 6.45) is 0. The Kier molecular flexibility index (Phi) is 5.13. The number of urea groups is 1. The van der Waals surface area contributed by atoms with Crippen molar-refractivity contribution in [1.29, 1.82) is 0 Å². The number of anilines is 1. The Morgan fingerprint density at radius 1 is 1.05 bits per heavy atom. The Morgan fingerprint density at radius 3 is 2.45 bits per heavy atom. The van der Waals surface area contributed by atoms with E-state index in [1.807, 2.05) is 18.2 Å². The van der Waals surface area contributed by atoms with Gasteiger partial charge in [-0.3, -0.25) is 0 Å². The average molecular weight is 319 g/mol. The van der Waals surface area contributed by atoms with Gasteiger partial charge in [-0.2, -0.15) is 0 Å². The number of benzene rings is 2. The summed E-state index contributed by atoms with van der Waals surface area (Å²) in [5.41, 5.74) is 1.38. The summed E-state index contributed by atoms with van der Waals surface area (Å²) in [7, 11) is -2.13. The van der Waals surface area contributed by atoms with Crippen LogP contribution in [0.4, 0.5) is 10.5 Å². The molecule has 0 saturated heterocycles. The van der Waals surface area contributed by atoms with Crippen molar-refractivity contribution >= 4 is 21.7 Å². The van der Waals surface area contributed by atoms with E-state index in [0.717, 1.165) is 0 Å². The Morgan fingerprint density at radius 2 is 1.77 bits per heavy atom. The van der Waals surface area contributed by atoms with Crippen LogP contribution in [0.15, 0.2) is 59.5 Å². The quantitative estimate of drug-likeness (QED) is 0.787. The summed E-state index contributed by atoms with van der Waals surface area (Å²) in [5, 5.41) is 5.37. The molecule has 0 aromatic heterocycles. The summed E-state index contributed by atoms with van der Waals surface area (Å²) in [6, 6.07) is 15.1. The number of nitrogens with one attached hydrogen (secondary N) is 3. The van der Waals surface area contributed by atoms with E-state index >= 15 is 0 Å². The number of hydrogen-bond acceptors (Lipinski definition) is 3. The molecule has 0 unspecified atom stereocenters. The molecule has 0 aliphatic heterocycles.